The zero-order chi connectivity index (χ0) is 14.8. The summed E-state index contributed by atoms with van der Waals surface area (Å²) in [6, 6.07) is 9.25. The molecule has 0 bridgehead atoms. The minimum Gasteiger partial charge on any atom is -0.325 e. The minimum atomic E-state index is -0.156. The van der Waals surface area contributed by atoms with Crippen LogP contribution >= 0.6 is 22.9 Å². The van der Waals surface area contributed by atoms with Crippen molar-refractivity contribution >= 4 is 34.5 Å². The van der Waals surface area contributed by atoms with E-state index in [9.17, 15) is 4.79 Å². The fourth-order valence-corrected chi connectivity index (χ4v) is 3.66. The standard InChI is InChI=1S/C16H17ClN2OS/c1-11(16(20)18-14-4-2-3-13(17)9-14)19-7-5-15-12(10-19)6-8-21-15/h2-4,6,8-9,11H,5,7,10H2,1H3,(H,18,20). The molecule has 0 saturated carbocycles. The molecule has 3 rings (SSSR count). The van der Waals surface area contributed by atoms with Gasteiger partial charge in [-0.15, -0.1) is 11.3 Å². The molecular weight excluding hydrogens is 304 g/mol. The molecule has 0 spiro atoms. The van der Waals surface area contributed by atoms with E-state index in [4.69, 9.17) is 11.6 Å². The summed E-state index contributed by atoms with van der Waals surface area (Å²) in [6.45, 7) is 3.73. The number of hydrogen-bond donors (Lipinski definition) is 1. The van der Waals surface area contributed by atoms with Crippen LogP contribution in [0, 0.1) is 0 Å². The number of carbonyl (C=O) groups excluding carboxylic acids is 1. The van der Waals surface area contributed by atoms with Gasteiger partial charge in [0, 0.05) is 28.7 Å². The molecule has 0 saturated heterocycles. The average molecular weight is 321 g/mol. The number of anilines is 1. The Morgan fingerprint density at radius 2 is 2.29 bits per heavy atom. The number of halogens is 1. The van der Waals surface area contributed by atoms with E-state index in [1.54, 1.807) is 12.1 Å². The second-order valence-corrected chi connectivity index (χ2v) is 6.70. The summed E-state index contributed by atoms with van der Waals surface area (Å²) in [7, 11) is 0. The van der Waals surface area contributed by atoms with Crippen LogP contribution in [-0.4, -0.2) is 23.4 Å². The first-order chi connectivity index (χ1) is 10.1. The average Bonchev–Trinajstić information content (AvgIpc) is 2.93. The summed E-state index contributed by atoms with van der Waals surface area (Å²) in [5.41, 5.74) is 2.10. The highest BCUT2D eigenvalue weighted by Gasteiger charge is 2.25. The maximum Gasteiger partial charge on any atom is 0.241 e. The number of fused-ring (bicyclic) bond motifs is 1. The van der Waals surface area contributed by atoms with Crippen LogP contribution in [0.25, 0.3) is 0 Å². The third-order valence-corrected chi connectivity index (χ3v) is 5.11. The molecule has 0 radical (unpaired) electrons. The molecule has 5 heteroatoms. The summed E-state index contributed by atoms with van der Waals surface area (Å²) in [5, 5.41) is 5.69. The highest BCUT2D eigenvalue weighted by Crippen LogP contribution is 2.25. The lowest BCUT2D eigenvalue weighted by atomic mass is 10.1. The lowest BCUT2D eigenvalue weighted by Gasteiger charge is -2.31. The number of rotatable bonds is 3. The third kappa shape index (κ3) is 3.28. The second-order valence-electron chi connectivity index (χ2n) is 5.27. The fourth-order valence-electron chi connectivity index (χ4n) is 2.58. The third-order valence-electron chi connectivity index (χ3n) is 3.86. The number of nitrogens with one attached hydrogen (secondary N) is 1. The van der Waals surface area contributed by atoms with Crippen molar-refractivity contribution in [3.05, 3.63) is 51.2 Å². The molecule has 2 heterocycles. The number of thiophene rings is 1. The van der Waals surface area contributed by atoms with E-state index in [0.29, 0.717) is 5.02 Å². The molecule has 110 valence electrons. The van der Waals surface area contributed by atoms with Gasteiger partial charge in [0.25, 0.3) is 0 Å². The van der Waals surface area contributed by atoms with Crippen LogP contribution in [0.3, 0.4) is 0 Å². The Morgan fingerprint density at radius 3 is 3.10 bits per heavy atom. The molecule has 1 aromatic carbocycles. The summed E-state index contributed by atoms with van der Waals surface area (Å²) >= 11 is 7.75. The zero-order valence-electron chi connectivity index (χ0n) is 11.8. The van der Waals surface area contributed by atoms with Crippen molar-refractivity contribution in [2.45, 2.75) is 25.9 Å². The first kappa shape index (κ1) is 14.6. The monoisotopic (exact) mass is 320 g/mol. The summed E-state index contributed by atoms with van der Waals surface area (Å²) in [6.07, 6.45) is 1.03. The zero-order valence-corrected chi connectivity index (χ0v) is 13.4. The molecular formula is C16H17ClN2OS. The number of carbonyl (C=O) groups is 1. The van der Waals surface area contributed by atoms with Crippen LogP contribution < -0.4 is 5.32 Å². The fraction of sp³-hybridized carbons (Fsp3) is 0.312. The topological polar surface area (TPSA) is 32.3 Å². The molecule has 1 N–H and O–H groups in total. The molecule has 21 heavy (non-hydrogen) atoms. The Kier molecular flexibility index (Phi) is 4.29. The van der Waals surface area contributed by atoms with Gasteiger partial charge in [0.1, 0.15) is 0 Å². The highest BCUT2D eigenvalue weighted by atomic mass is 35.5. The number of nitrogens with zero attached hydrogens (tertiary/aromatic N) is 1. The maximum atomic E-state index is 12.4. The Bertz CT molecular complexity index is 655. The van der Waals surface area contributed by atoms with Gasteiger partial charge in [0.15, 0.2) is 0 Å². The molecule has 1 aliphatic rings. The van der Waals surface area contributed by atoms with E-state index in [-0.39, 0.29) is 11.9 Å². The molecule has 1 amide bonds. The Labute approximate surface area is 133 Å². The molecule has 0 aliphatic carbocycles. The van der Waals surface area contributed by atoms with Gasteiger partial charge in [0.05, 0.1) is 6.04 Å². The van der Waals surface area contributed by atoms with Gasteiger partial charge in [-0.05, 0) is 48.6 Å². The predicted octanol–water partition coefficient (Wildman–Crippen LogP) is 3.79. The van der Waals surface area contributed by atoms with Crippen LogP contribution in [-0.2, 0) is 17.8 Å². The summed E-state index contributed by atoms with van der Waals surface area (Å²) < 4.78 is 0. The normalized spacial score (nSPS) is 16.3. The van der Waals surface area contributed by atoms with Crippen molar-refractivity contribution in [1.29, 1.82) is 0 Å². The lowest BCUT2D eigenvalue weighted by Crippen LogP contribution is -2.44. The largest absolute Gasteiger partial charge is 0.325 e. The van der Waals surface area contributed by atoms with Crippen molar-refractivity contribution in [2.75, 3.05) is 11.9 Å². The first-order valence-corrected chi connectivity index (χ1v) is 8.25. The van der Waals surface area contributed by atoms with Gasteiger partial charge in [-0.25, -0.2) is 0 Å². The maximum absolute atomic E-state index is 12.4. The first-order valence-electron chi connectivity index (χ1n) is 6.99. The Morgan fingerprint density at radius 1 is 1.43 bits per heavy atom. The molecule has 1 unspecified atom stereocenters. The van der Waals surface area contributed by atoms with E-state index in [0.717, 1.165) is 25.2 Å². The predicted molar refractivity (Wildman–Crippen MR) is 88.0 cm³/mol. The van der Waals surface area contributed by atoms with E-state index < -0.39 is 0 Å². The van der Waals surface area contributed by atoms with Crippen molar-refractivity contribution in [3.63, 3.8) is 0 Å². The van der Waals surface area contributed by atoms with Crippen molar-refractivity contribution in [1.82, 2.24) is 4.90 Å². The quantitative estimate of drug-likeness (QED) is 0.933. The Balaban J connectivity index is 1.65. The Hall–Kier alpha value is -1.36. The van der Waals surface area contributed by atoms with Crippen LogP contribution in [0.2, 0.25) is 5.02 Å². The van der Waals surface area contributed by atoms with E-state index >= 15 is 0 Å². The number of benzene rings is 1. The van der Waals surface area contributed by atoms with Gasteiger partial charge >= 0.3 is 0 Å². The second kappa shape index (κ2) is 6.18. The van der Waals surface area contributed by atoms with E-state index in [1.165, 1.54) is 10.4 Å². The smallest absolute Gasteiger partial charge is 0.241 e. The minimum absolute atomic E-state index is 0.0101. The van der Waals surface area contributed by atoms with E-state index in [1.807, 2.05) is 30.4 Å². The van der Waals surface area contributed by atoms with Gasteiger partial charge < -0.3 is 5.32 Å². The number of amides is 1. The molecule has 1 aliphatic heterocycles. The molecule has 1 atom stereocenters. The highest BCUT2D eigenvalue weighted by molar-refractivity contribution is 7.10. The van der Waals surface area contributed by atoms with Crippen molar-refractivity contribution < 1.29 is 4.79 Å². The van der Waals surface area contributed by atoms with Gasteiger partial charge in [-0.1, -0.05) is 17.7 Å². The van der Waals surface area contributed by atoms with Gasteiger partial charge in [-0.3, -0.25) is 9.69 Å². The molecule has 3 nitrogen and oxygen atoms in total. The summed E-state index contributed by atoms with van der Waals surface area (Å²) in [5.74, 6) is 0.0101. The van der Waals surface area contributed by atoms with Gasteiger partial charge in [0.2, 0.25) is 5.91 Å². The van der Waals surface area contributed by atoms with Crippen LogP contribution in [0.5, 0.6) is 0 Å². The van der Waals surface area contributed by atoms with Crippen molar-refractivity contribution in [2.24, 2.45) is 0 Å². The molecule has 1 aromatic heterocycles. The van der Waals surface area contributed by atoms with Gasteiger partial charge in [-0.2, -0.15) is 0 Å². The van der Waals surface area contributed by atoms with Crippen LogP contribution in [0.15, 0.2) is 35.7 Å². The molecule has 0 fully saturated rings. The number of hydrogen-bond acceptors (Lipinski definition) is 3. The summed E-state index contributed by atoms with van der Waals surface area (Å²) in [4.78, 5) is 16.0. The molecule has 2 aromatic rings. The lowest BCUT2D eigenvalue weighted by molar-refractivity contribution is -0.121. The van der Waals surface area contributed by atoms with Crippen molar-refractivity contribution in [3.8, 4) is 0 Å². The SMILES string of the molecule is CC(C(=O)Nc1cccc(Cl)c1)N1CCc2sccc2C1. The van der Waals surface area contributed by atoms with Crippen LogP contribution in [0.4, 0.5) is 5.69 Å². The van der Waals surface area contributed by atoms with Crippen LogP contribution in [0.1, 0.15) is 17.4 Å². The van der Waals surface area contributed by atoms with E-state index in [2.05, 4.69) is 21.7 Å².